The topological polar surface area (TPSA) is 67.6 Å². The standard InChI is InChI=1S/C14H27N3O2/c1-2-17-7-8-19-13(10-17)9-16-12-5-3-11(4-6-12)14(15)18/h11-13,16H,2-10H2,1H3,(H2,15,18). The second kappa shape index (κ2) is 7.22. The minimum atomic E-state index is -0.132. The van der Waals surface area contributed by atoms with Crippen LogP contribution >= 0.6 is 0 Å². The predicted octanol–water partition coefficient (Wildman–Crippen LogP) is 0.341. The summed E-state index contributed by atoms with van der Waals surface area (Å²) in [6.45, 7) is 7.14. The molecule has 1 saturated carbocycles. The van der Waals surface area contributed by atoms with E-state index in [0.29, 0.717) is 12.1 Å². The van der Waals surface area contributed by atoms with Gasteiger partial charge in [0, 0.05) is 31.6 Å². The van der Waals surface area contributed by atoms with E-state index in [1.54, 1.807) is 0 Å². The first-order valence-electron chi connectivity index (χ1n) is 7.55. The molecule has 1 heterocycles. The molecule has 1 amide bonds. The largest absolute Gasteiger partial charge is 0.374 e. The smallest absolute Gasteiger partial charge is 0.220 e. The summed E-state index contributed by atoms with van der Waals surface area (Å²) in [6.07, 6.45) is 4.28. The van der Waals surface area contributed by atoms with Crippen LogP contribution in [-0.4, -0.2) is 55.7 Å². The van der Waals surface area contributed by atoms with E-state index < -0.39 is 0 Å². The SMILES string of the molecule is CCN1CCOC(CNC2CCC(C(N)=O)CC2)C1. The third-order valence-electron chi connectivity index (χ3n) is 4.43. The fraction of sp³-hybridized carbons (Fsp3) is 0.929. The van der Waals surface area contributed by atoms with Crippen LogP contribution in [0, 0.1) is 5.92 Å². The highest BCUT2D eigenvalue weighted by Gasteiger charge is 2.26. The Morgan fingerprint density at radius 1 is 1.37 bits per heavy atom. The van der Waals surface area contributed by atoms with Crippen molar-refractivity contribution in [3.05, 3.63) is 0 Å². The lowest BCUT2D eigenvalue weighted by molar-refractivity contribution is -0.122. The number of rotatable bonds is 5. The molecular formula is C14H27N3O2. The van der Waals surface area contributed by atoms with Crippen LogP contribution in [0.15, 0.2) is 0 Å². The first-order valence-corrected chi connectivity index (χ1v) is 7.55. The molecule has 0 aromatic rings. The van der Waals surface area contributed by atoms with E-state index in [2.05, 4.69) is 17.1 Å². The number of carbonyl (C=O) groups excluding carboxylic acids is 1. The van der Waals surface area contributed by atoms with Crippen molar-refractivity contribution >= 4 is 5.91 Å². The summed E-state index contributed by atoms with van der Waals surface area (Å²) >= 11 is 0. The monoisotopic (exact) mass is 269 g/mol. The Morgan fingerprint density at radius 3 is 2.74 bits per heavy atom. The fourth-order valence-electron chi connectivity index (χ4n) is 3.07. The lowest BCUT2D eigenvalue weighted by Gasteiger charge is -2.34. The van der Waals surface area contributed by atoms with E-state index in [1.165, 1.54) is 0 Å². The molecular weight excluding hydrogens is 242 g/mol. The summed E-state index contributed by atoms with van der Waals surface area (Å²) in [4.78, 5) is 13.5. The van der Waals surface area contributed by atoms with Gasteiger partial charge in [0.25, 0.3) is 0 Å². The first-order chi connectivity index (χ1) is 9.19. The number of carbonyl (C=O) groups is 1. The number of hydrogen-bond donors (Lipinski definition) is 2. The van der Waals surface area contributed by atoms with Gasteiger partial charge in [0.2, 0.25) is 5.91 Å². The molecule has 0 bridgehead atoms. The van der Waals surface area contributed by atoms with Crippen LogP contribution in [0.25, 0.3) is 0 Å². The van der Waals surface area contributed by atoms with Crippen molar-refractivity contribution in [2.75, 3.05) is 32.8 Å². The summed E-state index contributed by atoms with van der Waals surface area (Å²) in [7, 11) is 0. The average Bonchev–Trinajstić information content (AvgIpc) is 2.46. The lowest BCUT2D eigenvalue weighted by Crippen LogP contribution is -2.48. The second-order valence-electron chi connectivity index (χ2n) is 5.75. The molecule has 0 radical (unpaired) electrons. The third-order valence-corrected chi connectivity index (χ3v) is 4.43. The number of hydrogen-bond acceptors (Lipinski definition) is 4. The summed E-state index contributed by atoms with van der Waals surface area (Å²) < 4.78 is 5.78. The zero-order valence-electron chi connectivity index (χ0n) is 11.9. The Morgan fingerprint density at radius 2 is 2.11 bits per heavy atom. The number of ether oxygens (including phenoxy) is 1. The predicted molar refractivity (Wildman–Crippen MR) is 74.8 cm³/mol. The molecule has 2 fully saturated rings. The molecule has 2 aliphatic rings. The minimum Gasteiger partial charge on any atom is -0.374 e. The van der Waals surface area contributed by atoms with Crippen molar-refractivity contribution in [3.8, 4) is 0 Å². The van der Waals surface area contributed by atoms with Crippen LogP contribution in [0.4, 0.5) is 0 Å². The molecule has 1 aliphatic carbocycles. The summed E-state index contributed by atoms with van der Waals surface area (Å²) in [5.41, 5.74) is 5.35. The number of nitrogens with two attached hydrogens (primary N) is 1. The highest BCUT2D eigenvalue weighted by atomic mass is 16.5. The van der Waals surface area contributed by atoms with E-state index in [0.717, 1.165) is 58.5 Å². The van der Waals surface area contributed by atoms with Gasteiger partial charge in [-0.05, 0) is 32.2 Å². The lowest BCUT2D eigenvalue weighted by atomic mass is 9.85. The van der Waals surface area contributed by atoms with E-state index in [1.807, 2.05) is 0 Å². The zero-order chi connectivity index (χ0) is 13.7. The van der Waals surface area contributed by atoms with Gasteiger partial charge in [0.1, 0.15) is 0 Å². The maximum atomic E-state index is 11.1. The molecule has 1 atom stereocenters. The summed E-state index contributed by atoms with van der Waals surface area (Å²) in [5.74, 6) is -0.0350. The molecule has 0 spiro atoms. The third kappa shape index (κ3) is 4.44. The van der Waals surface area contributed by atoms with Crippen LogP contribution in [0.2, 0.25) is 0 Å². The minimum absolute atomic E-state index is 0.0968. The number of morpholine rings is 1. The number of nitrogens with one attached hydrogen (secondary N) is 1. The Hall–Kier alpha value is -0.650. The Balaban J connectivity index is 1.65. The van der Waals surface area contributed by atoms with Gasteiger partial charge in [0.05, 0.1) is 12.7 Å². The van der Waals surface area contributed by atoms with Gasteiger partial charge in [-0.1, -0.05) is 6.92 Å². The Bertz CT molecular complexity index is 290. The van der Waals surface area contributed by atoms with Crippen LogP contribution in [0.3, 0.4) is 0 Å². The molecule has 5 nitrogen and oxygen atoms in total. The van der Waals surface area contributed by atoms with Crippen molar-refractivity contribution in [2.45, 2.75) is 44.8 Å². The quantitative estimate of drug-likeness (QED) is 0.755. The molecule has 110 valence electrons. The second-order valence-corrected chi connectivity index (χ2v) is 5.75. The number of likely N-dealkylation sites (N-methyl/N-ethyl adjacent to an activating group) is 1. The van der Waals surface area contributed by atoms with Gasteiger partial charge in [-0.15, -0.1) is 0 Å². The molecule has 1 unspecified atom stereocenters. The zero-order valence-corrected chi connectivity index (χ0v) is 11.9. The van der Waals surface area contributed by atoms with Crippen molar-refractivity contribution < 1.29 is 9.53 Å². The fourth-order valence-corrected chi connectivity index (χ4v) is 3.07. The molecule has 1 aliphatic heterocycles. The highest BCUT2D eigenvalue weighted by Crippen LogP contribution is 2.23. The number of amides is 1. The van der Waals surface area contributed by atoms with Crippen LogP contribution in [0.5, 0.6) is 0 Å². The number of primary amides is 1. The number of nitrogens with zero attached hydrogens (tertiary/aromatic N) is 1. The highest BCUT2D eigenvalue weighted by molar-refractivity contribution is 5.76. The van der Waals surface area contributed by atoms with Crippen LogP contribution in [-0.2, 0) is 9.53 Å². The van der Waals surface area contributed by atoms with Gasteiger partial charge in [0.15, 0.2) is 0 Å². The summed E-state index contributed by atoms with van der Waals surface area (Å²) in [5, 5.41) is 3.59. The Kier molecular flexibility index (Phi) is 5.60. The van der Waals surface area contributed by atoms with Crippen LogP contribution < -0.4 is 11.1 Å². The molecule has 5 heteroatoms. The van der Waals surface area contributed by atoms with Gasteiger partial charge >= 0.3 is 0 Å². The molecule has 0 aromatic carbocycles. The molecule has 0 aromatic heterocycles. The van der Waals surface area contributed by atoms with E-state index >= 15 is 0 Å². The Labute approximate surface area is 115 Å². The molecule has 2 rings (SSSR count). The normalized spacial score (nSPS) is 33.2. The van der Waals surface area contributed by atoms with Crippen molar-refractivity contribution in [1.29, 1.82) is 0 Å². The molecule has 19 heavy (non-hydrogen) atoms. The van der Waals surface area contributed by atoms with Gasteiger partial charge in [-0.2, -0.15) is 0 Å². The van der Waals surface area contributed by atoms with Crippen molar-refractivity contribution in [2.24, 2.45) is 11.7 Å². The maximum Gasteiger partial charge on any atom is 0.220 e. The maximum absolute atomic E-state index is 11.1. The van der Waals surface area contributed by atoms with Gasteiger partial charge < -0.3 is 15.8 Å². The van der Waals surface area contributed by atoms with E-state index in [-0.39, 0.29) is 11.8 Å². The molecule has 3 N–H and O–H groups in total. The van der Waals surface area contributed by atoms with Gasteiger partial charge in [-0.25, -0.2) is 0 Å². The van der Waals surface area contributed by atoms with Crippen molar-refractivity contribution in [3.63, 3.8) is 0 Å². The van der Waals surface area contributed by atoms with Gasteiger partial charge in [-0.3, -0.25) is 9.69 Å². The first kappa shape index (κ1) is 14.8. The van der Waals surface area contributed by atoms with E-state index in [4.69, 9.17) is 10.5 Å². The average molecular weight is 269 g/mol. The summed E-state index contributed by atoms with van der Waals surface area (Å²) in [6, 6.07) is 0.524. The van der Waals surface area contributed by atoms with Crippen molar-refractivity contribution in [1.82, 2.24) is 10.2 Å². The van der Waals surface area contributed by atoms with E-state index in [9.17, 15) is 4.79 Å². The van der Waals surface area contributed by atoms with Crippen LogP contribution in [0.1, 0.15) is 32.6 Å². The molecule has 1 saturated heterocycles.